The summed E-state index contributed by atoms with van der Waals surface area (Å²) in [5.41, 5.74) is 7.58. The van der Waals surface area contributed by atoms with Crippen LogP contribution in [0.25, 0.3) is 5.00 Å². The second-order valence-corrected chi connectivity index (χ2v) is 16.2. The van der Waals surface area contributed by atoms with Gasteiger partial charge in [0, 0.05) is 83.8 Å². The summed E-state index contributed by atoms with van der Waals surface area (Å²) in [7, 11) is 0. The van der Waals surface area contributed by atoms with E-state index in [1.54, 1.807) is 11.3 Å². The highest BCUT2D eigenvalue weighted by Gasteiger charge is 2.33. The Morgan fingerprint density at radius 1 is 1.09 bits per heavy atom. The fourth-order valence-corrected chi connectivity index (χ4v) is 9.18. The third kappa shape index (κ3) is 8.00. The molecule has 0 bridgehead atoms. The SMILES string of the molecule is Cc1c(C#Cc2cnn(CCN3CCC(Nc4cccc5c4CN(C(C)CCC(=O)NC=O)C5=O)CC3)c2)sc2c1C(c1ccc(Cl)cc1)=NCc1nnc(C)n1-2. The molecule has 8 rings (SSSR count). The Bertz CT molecular complexity index is 2430. The quantitative estimate of drug-likeness (QED) is 0.131. The second kappa shape index (κ2) is 16.5. The lowest BCUT2D eigenvalue weighted by atomic mass is 10.00. The van der Waals surface area contributed by atoms with Gasteiger partial charge in [-0.3, -0.25) is 33.9 Å². The van der Waals surface area contributed by atoms with E-state index in [2.05, 4.69) is 60.2 Å². The topological polar surface area (TPSA) is 143 Å². The van der Waals surface area contributed by atoms with Gasteiger partial charge in [-0.05, 0) is 69.9 Å². The summed E-state index contributed by atoms with van der Waals surface area (Å²) in [5, 5.41) is 21.0. The van der Waals surface area contributed by atoms with Gasteiger partial charge in [0.05, 0.1) is 28.9 Å². The first kappa shape index (κ1) is 38.3. The molecule has 1 atom stereocenters. The smallest absolute Gasteiger partial charge is 0.254 e. The van der Waals surface area contributed by atoms with Crippen molar-refractivity contribution in [3.8, 4) is 16.8 Å². The molecule has 0 spiro atoms. The molecule has 0 radical (unpaired) electrons. The molecule has 13 nitrogen and oxygen atoms in total. The molecule has 3 aromatic heterocycles. The Morgan fingerprint density at radius 2 is 1.89 bits per heavy atom. The zero-order valence-corrected chi connectivity index (χ0v) is 33.7. The normalized spacial score (nSPS) is 15.8. The van der Waals surface area contributed by atoms with Crippen molar-refractivity contribution in [2.24, 2.45) is 4.99 Å². The number of fused-ring (bicyclic) bond motifs is 4. The van der Waals surface area contributed by atoms with Crippen LogP contribution >= 0.6 is 22.9 Å². The first-order valence-electron chi connectivity index (χ1n) is 19.2. The van der Waals surface area contributed by atoms with E-state index < -0.39 is 0 Å². The molecule has 3 amide bonds. The average Bonchev–Trinajstić information content (AvgIpc) is 3.97. The molecule has 5 aromatic rings. The van der Waals surface area contributed by atoms with Gasteiger partial charge in [-0.15, -0.1) is 21.5 Å². The first-order valence-corrected chi connectivity index (χ1v) is 20.4. The number of aromatic nitrogens is 5. The van der Waals surface area contributed by atoms with E-state index in [-0.39, 0.29) is 24.3 Å². The predicted molar refractivity (Wildman–Crippen MR) is 220 cm³/mol. The minimum atomic E-state index is -0.336. The Morgan fingerprint density at radius 3 is 2.68 bits per heavy atom. The third-order valence-electron chi connectivity index (χ3n) is 11.0. The molecule has 3 aliphatic heterocycles. The molecule has 1 fully saturated rings. The number of imide groups is 1. The van der Waals surface area contributed by atoms with Crippen LogP contribution in [0.4, 0.5) is 5.69 Å². The Hall–Kier alpha value is -5.62. The zero-order chi connectivity index (χ0) is 39.6. The number of hydrogen-bond donors (Lipinski definition) is 2. The van der Waals surface area contributed by atoms with Crippen molar-refractivity contribution in [2.75, 3.05) is 25.0 Å². The standard InChI is InChI=1S/C42H43ClN10O3S/c1-26(7-14-38(55)45-25-54)52-24-34-33(41(52)56)5-4-6-35(34)47-32-15-17-50(18-16-32)19-20-51-23-29(21-46-51)8-13-36-27(2)39-40(30-9-11-31(43)12-10-30)44-22-37-49-48-28(3)53(37)42(39)57-36/h4-6,9-12,21,23,25-26,32,47H,7,14-20,22,24H2,1-3H3,(H,45,54,55). The summed E-state index contributed by atoms with van der Waals surface area (Å²) < 4.78 is 4.06. The van der Waals surface area contributed by atoms with E-state index >= 15 is 0 Å². The van der Waals surface area contributed by atoms with E-state index in [1.165, 1.54) is 0 Å². The van der Waals surface area contributed by atoms with Crippen molar-refractivity contribution in [3.63, 3.8) is 0 Å². The molecular formula is C42H43ClN10O3S. The second-order valence-electron chi connectivity index (χ2n) is 14.7. The number of likely N-dealkylation sites (tertiary alicyclic amines) is 1. The minimum Gasteiger partial charge on any atom is -0.382 e. The fourth-order valence-electron chi connectivity index (χ4n) is 7.82. The molecule has 2 aromatic carbocycles. The number of benzene rings is 2. The third-order valence-corrected chi connectivity index (χ3v) is 12.5. The summed E-state index contributed by atoms with van der Waals surface area (Å²) in [6.07, 6.45) is 6.89. The Balaban J connectivity index is 0.869. The van der Waals surface area contributed by atoms with Crippen molar-refractivity contribution in [1.29, 1.82) is 0 Å². The number of hydrogen-bond acceptors (Lipinski definition) is 10. The van der Waals surface area contributed by atoms with Gasteiger partial charge in [0.2, 0.25) is 12.3 Å². The number of carbonyl (C=O) groups is 3. The Kier molecular flexibility index (Phi) is 11.1. The molecule has 1 unspecified atom stereocenters. The van der Waals surface area contributed by atoms with Crippen LogP contribution in [0.3, 0.4) is 0 Å². The maximum absolute atomic E-state index is 13.3. The molecule has 57 heavy (non-hydrogen) atoms. The number of amides is 3. The van der Waals surface area contributed by atoms with Crippen LogP contribution in [0, 0.1) is 25.7 Å². The van der Waals surface area contributed by atoms with Gasteiger partial charge in [0.1, 0.15) is 17.4 Å². The van der Waals surface area contributed by atoms with Crippen LogP contribution in [0.5, 0.6) is 0 Å². The largest absolute Gasteiger partial charge is 0.382 e. The van der Waals surface area contributed by atoms with Gasteiger partial charge < -0.3 is 15.1 Å². The van der Waals surface area contributed by atoms with Gasteiger partial charge in [-0.2, -0.15) is 5.10 Å². The average molecular weight is 803 g/mol. The number of rotatable bonds is 11. The summed E-state index contributed by atoms with van der Waals surface area (Å²) in [4.78, 5) is 45.9. The lowest BCUT2D eigenvalue weighted by molar-refractivity contribution is -0.125. The van der Waals surface area contributed by atoms with Gasteiger partial charge >= 0.3 is 0 Å². The Labute approximate surface area is 340 Å². The van der Waals surface area contributed by atoms with Crippen LogP contribution < -0.4 is 10.6 Å². The van der Waals surface area contributed by atoms with E-state index in [1.807, 2.05) is 72.2 Å². The molecule has 292 valence electrons. The first-order chi connectivity index (χ1) is 27.7. The zero-order valence-electron chi connectivity index (χ0n) is 32.1. The number of aliphatic imine (C=N–C) groups is 1. The summed E-state index contributed by atoms with van der Waals surface area (Å²) >= 11 is 7.85. The van der Waals surface area contributed by atoms with Crippen molar-refractivity contribution < 1.29 is 14.4 Å². The fraction of sp³-hybridized carbons (Fsp3) is 0.357. The van der Waals surface area contributed by atoms with E-state index in [9.17, 15) is 14.4 Å². The minimum absolute atomic E-state index is 0.0180. The molecule has 1 saturated heterocycles. The highest BCUT2D eigenvalue weighted by atomic mass is 35.5. The number of piperidine rings is 1. The number of thiophene rings is 1. The molecule has 15 heteroatoms. The van der Waals surface area contributed by atoms with Crippen molar-refractivity contribution >= 4 is 52.6 Å². The van der Waals surface area contributed by atoms with E-state index in [0.717, 1.165) is 99.8 Å². The predicted octanol–water partition coefficient (Wildman–Crippen LogP) is 5.52. The number of anilines is 1. The highest BCUT2D eigenvalue weighted by molar-refractivity contribution is 7.15. The lowest BCUT2D eigenvalue weighted by Crippen LogP contribution is -2.40. The summed E-state index contributed by atoms with van der Waals surface area (Å²) in [6.45, 7) is 10.5. The molecular weight excluding hydrogens is 760 g/mol. The van der Waals surface area contributed by atoms with E-state index in [0.29, 0.717) is 42.5 Å². The highest BCUT2D eigenvalue weighted by Crippen LogP contribution is 2.37. The van der Waals surface area contributed by atoms with Crippen LogP contribution in [0.15, 0.2) is 59.9 Å². The summed E-state index contributed by atoms with van der Waals surface area (Å²) in [6, 6.07) is 13.8. The monoisotopic (exact) mass is 802 g/mol. The van der Waals surface area contributed by atoms with E-state index in [4.69, 9.17) is 16.6 Å². The van der Waals surface area contributed by atoms with Crippen LogP contribution in [0.2, 0.25) is 5.02 Å². The van der Waals surface area contributed by atoms with Gasteiger partial charge in [-0.25, -0.2) is 0 Å². The maximum Gasteiger partial charge on any atom is 0.254 e. The molecule has 2 N–H and O–H groups in total. The van der Waals surface area contributed by atoms with Gasteiger partial charge in [0.25, 0.3) is 5.91 Å². The van der Waals surface area contributed by atoms with Crippen LogP contribution in [0.1, 0.15) is 87.3 Å². The molecule has 6 heterocycles. The number of aryl methyl sites for hydroxylation is 1. The lowest BCUT2D eigenvalue weighted by Gasteiger charge is -2.33. The number of carbonyl (C=O) groups excluding carboxylic acids is 3. The van der Waals surface area contributed by atoms with Crippen LogP contribution in [-0.4, -0.2) is 90.0 Å². The maximum atomic E-state index is 13.3. The molecule has 0 saturated carbocycles. The molecule has 3 aliphatic rings. The van der Waals surface area contributed by atoms with Gasteiger partial charge in [-0.1, -0.05) is 41.6 Å². The van der Waals surface area contributed by atoms with Gasteiger partial charge in [0.15, 0.2) is 5.82 Å². The number of nitrogens with one attached hydrogen (secondary N) is 2. The number of halogens is 1. The van der Waals surface area contributed by atoms with Crippen molar-refractivity contribution in [3.05, 3.63) is 110 Å². The summed E-state index contributed by atoms with van der Waals surface area (Å²) in [5.74, 6) is 8.05. The van der Waals surface area contributed by atoms with Crippen molar-refractivity contribution in [2.45, 2.75) is 78.2 Å². The molecule has 0 aliphatic carbocycles. The number of nitrogens with zero attached hydrogens (tertiary/aromatic N) is 8. The van der Waals surface area contributed by atoms with Crippen molar-refractivity contribution in [1.82, 2.24) is 39.7 Å². The van der Waals surface area contributed by atoms with Crippen LogP contribution in [-0.2, 0) is 29.2 Å².